The summed E-state index contributed by atoms with van der Waals surface area (Å²) < 4.78 is 11.0. The van der Waals surface area contributed by atoms with E-state index in [0.717, 1.165) is 47.7 Å². The van der Waals surface area contributed by atoms with Crippen LogP contribution in [0.5, 0.6) is 5.75 Å². The Hall–Kier alpha value is -3.22. The molecule has 156 valence electrons. The van der Waals surface area contributed by atoms with Gasteiger partial charge in [0.15, 0.2) is 5.76 Å². The molecule has 4 rings (SSSR count). The number of amides is 1. The molecule has 1 saturated heterocycles. The van der Waals surface area contributed by atoms with E-state index in [9.17, 15) is 4.79 Å². The molecule has 1 aliphatic heterocycles. The van der Waals surface area contributed by atoms with Gasteiger partial charge in [-0.3, -0.25) is 4.79 Å². The predicted molar refractivity (Wildman–Crippen MR) is 112 cm³/mol. The van der Waals surface area contributed by atoms with E-state index in [1.807, 2.05) is 56.0 Å². The number of likely N-dealkylation sites (tertiary alicyclic amines) is 1. The molecule has 1 aromatic carbocycles. The molecule has 3 heterocycles. The van der Waals surface area contributed by atoms with E-state index >= 15 is 0 Å². The summed E-state index contributed by atoms with van der Waals surface area (Å²) >= 11 is 0. The Labute approximate surface area is 176 Å². The number of nitrogens with zero attached hydrogens (tertiary/aromatic N) is 4. The summed E-state index contributed by atoms with van der Waals surface area (Å²) in [7, 11) is 0. The van der Waals surface area contributed by atoms with Crippen LogP contribution in [0.1, 0.15) is 48.6 Å². The first-order chi connectivity index (χ1) is 14.5. The second kappa shape index (κ2) is 8.65. The third-order valence-electron chi connectivity index (χ3n) is 5.31. The number of hydrogen-bond acceptors (Lipinski definition) is 6. The topological polar surface area (TPSA) is 81.4 Å². The van der Waals surface area contributed by atoms with Crippen molar-refractivity contribution in [2.45, 2.75) is 46.1 Å². The van der Waals surface area contributed by atoms with E-state index in [1.54, 1.807) is 6.20 Å². The Kier molecular flexibility index (Phi) is 5.79. The van der Waals surface area contributed by atoms with E-state index in [1.165, 1.54) is 0 Å². The van der Waals surface area contributed by atoms with Crippen LogP contribution in [-0.4, -0.2) is 39.1 Å². The highest BCUT2D eigenvalue weighted by molar-refractivity contribution is 5.80. The quantitative estimate of drug-likeness (QED) is 0.614. The molecule has 0 N–H and O–H groups in total. The third-order valence-corrected chi connectivity index (χ3v) is 5.31. The lowest BCUT2D eigenvalue weighted by molar-refractivity contribution is -0.131. The van der Waals surface area contributed by atoms with Crippen LogP contribution in [0.25, 0.3) is 11.3 Å². The van der Waals surface area contributed by atoms with Gasteiger partial charge in [0, 0.05) is 18.8 Å². The van der Waals surface area contributed by atoms with Crippen LogP contribution in [-0.2, 0) is 11.2 Å². The normalized spacial score (nSPS) is 16.1. The summed E-state index contributed by atoms with van der Waals surface area (Å²) in [5.74, 6) is 2.22. The van der Waals surface area contributed by atoms with Gasteiger partial charge in [0.1, 0.15) is 11.6 Å². The molecule has 1 fully saturated rings. The number of aryl methyl sites for hydroxylation is 2. The number of carbonyl (C=O) groups excluding carboxylic acids is 1. The zero-order valence-corrected chi connectivity index (χ0v) is 17.6. The summed E-state index contributed by atoms with van der Waals surface area (Å²) in [5, 5.41) is 3.99. The molecule has 0 aliphatic carbocycles. The lowest BCUT2D eigenvalue weighted by Crippen LogP contribution is -2.32. The first-order valence-electron chi connectivity index (χ1n) is 10.3. The van der Waals surface area contributed by atoms with Gasteiger partial charge in [-0.25, -0.2) is 9.97 Å². The highest BCUT2D eigenvalue weighted by Crippen LogP contribution is 2.37. The van der Waals surface area contributed by atoms with E-state index in [-0.39, 0.29) is 11.9 Å². The van der Waals surface area contributed by atoms with Gasteiger partial charge < -0.3 is 14.2 Å². The lowest BCUT2D eigenvalue weighted by Gasteiger charge is -2.26. The van der Waals surface area contributed by atoms with Crippen LogP contribution in [0.4, 0.5) is 0 Å². The maximum Gasteiger partial charge on any atom is 0.227 e. The monoisotopic (exact) mass is 406 g/mol. The number of carbonyl (C=O) groups is 1. The van der Waals surface area contributed by atoms with Crippen LogP contribution in [0.15, 0.2) is 41.1 Å². The number of benzene rings is 1. The first-order valence-corrected chi connectivity index (χ1v) is 10.3. The molecule has 0 saturated carbocycles. The zero-order valence-electron chi connectivity index (χ0n) is 17.6. The van der Waals surface area contributed by atoms with E-state index in [2.05, 4.69) is 10.1 Å². The molecule has 0 radical (unpaired) electrons. The Morgan fingerprint density at radius 2 is 2.07 bits per heavy atom. The largest absolute Gasteiger partial charge is 0.494 e. The smallest absolute Gasteiger partial charge is 0.227 e. The van der Waals surface area contributed by atoms with Gasteiger partial charge in [-0.15, -0.1) is 0 Å². The van der Waals surface area contributed by atoms with Crippen molar-refractivity contribution >= 4 is 5.91 Å². The van der Waals surface area contributed by atoms with Crippen LogP contribution in [0.3, 0.4) is 0 Å². The molecule has 0 bridgehead atoms. The Balaban J connectivity index is 1.58. The fraction of sp³-hybridized carbons (Fsp3) is 0.391. The second-order valence-corrected chi connectivity index (χ2v) is 7.55. The molecular formula is C23H26N4O3. The number of ether oxygens (including phenoxy) is 1. The Morgan fingerprint density at radius 1 is 1.27 bits per heavy atom. The van der Waals surface area contributed by atoms with Crippen molar-refractivity contribution in [2.24, 2.45) is 0 Å². The van der Waals surface area contributed by atoms with Crippen molar-refractivity contribution in [1.82, 2.24) is 20.0 Å². The Morgan fingerprint density at radius 3 is 2.77 bits per heavy atom. The summed E-state index contributed by atoms with van der Waals surface area (Å²) in [6, 6.07) is 9.50. The van der Waals surface area contributed by atoms with E-state index < -0.39 is 0 Å². The van der Waals surface area contributed by atoms with Crippen molar-refractivity contribution in [3.05, 3.63) is 59.3 Å². The molecule has 2 aromatic heterocycles. The van der Waals surface area contributed by atoms with Gasteiger partial charge in [-0.1, -0.05) is 17.3 Å². The van der Waals surface area contributed by atoms with E-state index in [0.29, 0.717) is 24.6 Å². The molecule has 3 aromatic rings. The molecule has 1 amide bonds. The molecule has 7 heteroatoms. The summed E-state index contributed by atoms with van der Waals surface area (Å²) in [4.78, 5) is 24.1. The molecule has 1 atom stereocenters. The summed E-state index contributed by atoms with van der Waals surface area (Å²) in [6.07, 6.45) is 3.93. The number of rotatable bonds is 6. The molecular weight excluding hydrogens is 380 g/mol. The average Bonchev–Trinajstić information content (AvgIpc) is 3.39. The zero-order chi connectivity index (χ0) is 21.1. The van der Waals surface area contributed by atoms with Gasteiger partial charge in [0.25, 0.3) is 0 Å². The van der Waals surface area contributed by atoms with Gasteiger partial charge in [0.2, 0.25) is 5.91 Å². The van der Waals surface area contributed by atoms with Crippen molar-refractivity contribution in [3.63, 3.8) is 0 Å². The van der Waals surface area contributed by atoms with E-state index in [4.69, 9.17) is 14.2 Å². The van der Waals surface area contributed by atoms with Gasteiger partial charge in [-0.05, 0) is 51.3 Å². The SMILES string of the molecule is CCOc1ccc(CC(=O)N2CCCC2c2nc(C)ncc2-c2cc(C)no2)cc1. The van der Waals surface area contributed by atoms with Crippen LogP contribution >= 0.6 is 0 Å². The van der Waals surface area contributed by atoms with Crippen molar-refractivity contribution in [1.29, 1.82) is 0 Å². The molecule has 1 aliphatic rings. The lowest BCUT2D eigenvalue weighted by atomic mass is 10.0. The maximum absolute atomic E-state index is 13.2. The molecule has 7 nitrogen and oxygen atoms in total. The number of hydrogen-bond donors (Lipinski definition) is 0. The van der Waals surface area contributed by atoms with Gasteiger partial charge in [-0.2, -0.15) is 0 Å². The summed E-state index contributed by atoms with van der Waals surface area (Å²) in [6.45, 7) is 7.04. The van der Waals surface area contributed by atoms with Crippen molar-refractivity contribution in [2.75, 3.05) is 13.2 Å². The minimum absolute atomic E-state index is 0.0950. The summed E-state index contributed by atoms with van der Waals surface area (Å²) in [5.41, 5.74) is 3.40. The first kappa shape index (κ1) is 20.1. The third kappa shape index (κ3) is 4.20. The average molecular weight is 406 g/mol. The maximum atomic E-state index is 13.2. The van der Waals surface area contributed by atoms with Crippen LogP contribution in [0.2, 0.25) is 0 Å². The standard InChI is InChI=1S/C23H26N4O3/c1-4-29-18-9-7-17(8-10-18)13-22(28)27-11-5-6-20(27)23-19(14-24-16(3)25-23)21-12-15(2)26-30-21/h7-10,12,14,20H,4-6,11,13H2,1-3H3. The van der Waals surface area contributed by atoms with Crippen molar-refractivity contribution in [3.8, 4) is 17.1 Å². The number of aromatic nitrogens is 3. The van der Waals surface area contributed by atoms with Crippen LogP contribution in [0, 0.1) is 13.8 Å². The molecule has 1 unspecified atom stereocenters. The highest BCUT2D eigenvalue weighted by atomic mass is 16.5. The fourth-order valence-electron chi connectivity index (χ4n) is 3.92. The molecule has 0 spiro atoms. The Bertz CT molecular complexity index is 1030. The highest BCUT2D eigenvalue weighted by Gasteiger charge is 2.33. The predicted octanol–water partition coefficient (Wildman–Crippen LogP) is 4.05. The fourth-order valence-corrected chi connectivity index (χ4v) is 3.92. The van der Waals surface area contributed by atoms with Crippen molar-refractivity contribution < 1.29 is 14.1 Å². The van der Waals surface area contributed by atoms with Crippen LogP contribution < -0.4 is 4.74 Å². The second-order valence-electron chi connectivity index (χ2n) is 7.55. The minimum atomic E-state index is -0.0951. The van der Waals surface area contributed by atoms with Gasteiger partial charge in [0.05, 0.1) is 36.0 Å². The minimum Gasteiger partial charge on any atom is -0.494 e. The molecule has 30 heavy (non-hydrogen) atoms. The van der Waals surface area contributed by atoms with Gasteiger partial charge >= 0.3 is 0 Å².